The van der Waals surface area contributed by atoms with E-state index < -0.39 is 0 Å². The Morgan fingerprint density at radius 1 is 1.29 bits per heavy atom. The normalized spacial score (nSPS) is 18.5. The van der Waals surface area contributed by atoms with Crippen molar-refractivity contribution in [2.24, 2.45) is 0 Å². The van der Waals surface area contributed by atoms with Crippen molar-refractivity contribution in [3.05, 3.63) is 53.6 Å². The lowest BCUT2D eigenvalue weighted by molar-refractivity contribution is -0.125. The lowest BCUT2D eigenvalue weighted by atomic mass is 10.0. The van der Waals surface area contributed by atoms with Crippen molar-refractivity contribution in [3.63, 3.8) is 0 Å². The molecule has 1 aliphatic rings. The summed E-state index contributed by atoms with van der Waals surface area (Å²) in [5, 5.41) is 3.11. The minimum atomic E-state index is 0.105. The molecule has 2 aromatic rings. The van der Waals surface area contributed by atoms with Crippen molar-refractivity contribution in [1.29, 1.82) is 0 Å². The molecule has 0 saturated carbocycles. The zero-order valence-electron chi connectivity index (χ0n) is 14.3. The van der Waals surface area contributed by atoms with E-state index in [1.165, 1.54) is 12.0 Å². The van der Waals surface area contributed by atoms with Crippen molar-refractivity contribution in [2.75, 3.05) is 13.1 Å². The van der Waals surface area contributed by atoms with E-state index in [4.69, 9.17) is 0 Å². The molecule has 0 unspecified atom stereocenters. The number of imidazole rings is 1. The highest BCUT2D eigenvalue weighted by Crippen LogP contribution is 2.11. The van der Waals surface area contributed by atoms with Crippen LogP contribution < -0.4 is 5.32 Å². The molecule has 2 N–H and O–H groups in total. The topological polar surface area (TPSA) is 61.0 Å². The van der Waals surface area contributed by atoms with Crippen LogP contribution in [0.4, 0.5) is 0 Å². The SMILES string of the molecule is CCCCc1ncc(CN2CC(=O)N[C@@H](Cc3ccccc3)C2)[nH]1. The zero-order valence-corrected chi connectivity index (χ0v) is 14.3. The van der Waals surface area contributed by atoms with Crippen molar-refractivity contribution in [1.82, 2.24) is 20.2 Å². The Labute approximate surface area is 143 Å². The first-order valence-corrected chi connectivity index (χ1v) is 8.81. The van der Waals surface area contributed by atoms with Gasteiger partial charge in [0.05, 0.1) is 6.54 Å². The van der Waals surface area contributed by atoms with E-state index in [-0.39, 0.29) is 11.9 Å². The van der Waals surface area contributed by atoms with E-state index in [1.807, 2.05) is 24.4 Å². The first-order valence-electron chi connectivity index (χ1n) is 8.81. The molecule has 1 amide bonds. The predicted octanol–water partition coefficient (Wildman–Crippen LogP) is 2.30. The highest BCUT2D eigenvalue weighted by atomic mass is 16.2. The number of benzene rings is 1. The summed E-state index contributed by atoms with van der Waals surface area (Å²) < 4.78 is 0. The van der Waals surface area contributed by atoms with Crippen LogP contribution in [0.3, 0.4) is 0 Å². The second-order valence-corrected chi connectivity index (χ2v) is 6.58. The van der Waals surface area contributed by atoms with Gasteiger partial charge in [-0.15, -0.1) is 0 Å². The third-order valence-corrected chi connectivity index (χ3v) is 4.38. The molecule has 0 bridgehead atoms. The number of amides is 1. The molecule has 0 aliphatic carbocycles. The summed E-state index contributed by atoms with van der Waals surface area (Å²) in [6.45, 7) is 4.25. The number of aryl methyl sites for hydroxylation is 1. The lowest BCUT2D eigenvalue weighted by Crippen LogP contribution is -2.54. The fourth-order valence-electron chi connectivity index (χ4n) is 3.23. The molecule has 24 heavy (non-hydrogen) atoms. The van der Waals surface area contributed by atoms with Crippen LogP contribution in [-0.4, -0.2) is 39.9 Å². The largest absolute Gasteiger partial charge is 0.351 e. The fourth-order valence-corrected chi connectivity index (χ4v) is 3.23. The molecular weight excluding hydrogens is 300 g/mol. The third-order valence-electron chi connectivity index (χ3n) is 4.38. The van der Waals surface area contributed by atoms with Crippen LogP contribution in [0.5, 0.6) is 0 Å². The van der Waals surface area contributed by atoms with Gasteiger partial charge in [0.25, 0.3) is 0 Å². The molecule has 1 fully saturated rings. The summed E-state index contributed by atoms with van der Waals surface area (Å²) in [5.41, 5.74) is 2.35. The molecule has 0 radical (unpaired) electrons. The number of aromatic amines is 1. The van der Waals surface area contributed by atoms with Gasteiger partial charge in [0.1, 0.15) is 5.82 Å². The van der Waals surface area contributed by atoms with Gasteiger partial charge in [0.2, 0.25) is 5.91 Å². The highest BCUT2D eigenvalue weighted by molar-refractivity contribution is 5.79. The average Bonchev–Trinajstić information content (AvgIpc) is 3.00. The van der Waals surface area contributed by atoms with Crippen molar-refractivity contribution in [3.8, 4) is 0 Å². The van der Waals surface area contributed by atoms with Gasteiger partial charge in [-0.2, -0.15) is 0 Å². The average molecular weight is 326 g/mol. The molecule has 1 aromatic carbocycles. The fraction of sp³-hybridized carbons (Fsp3) is 0.474. The Morgan fingerprint density at radius 2 is 2.12 bits per heavy atom. The number of piperazine rings is 1. The number of unbranched alkanes of at least 4 members (excludes halogenated alkanes) is 1. The van der Waals surface area contributed by atoms with Crippen LogP contribution in [0, 0.1) is 0 Å². The number of hydrogen-bond donors (Lipinski definition) is 2. The minimum Gasteiger partial charge on any atom is -0.351 e. The van der Waals surface area contributed by atoms with E-state index in [9.17, 15) is 4.79 Å². The van der Waals surface area contributed by atoms with E-state index in [2.05, 4.69) is 39.2 Å². The number of carbonyl (C=O) groups excluding carboxylic acids is 1. The van der Waals surface area contributed by atoms with Crippen LogP contribution in [-0.2, 0) is 24.2 Å². The Kier molecular flexibility index (Phi) is 5.64. The Morgan fingerprint density at radius 3 is 2.92 bits per heavy atom. The molecular formula is C19H26N4O. The number of rotatable bonds is 7. The number of carbonyl (C=O) groups is 1. The molecule has 1 saturated heterocycles. The van der Waals surface area contributed by atoms with Gasteiger partial charge in [0, 0.05) is 37.4 Å². The van der Waals surface area contributed by atoms with E-state index in [1.54, 1.807) is 0 Å². The van der Waals surface area contributed by atoms with Crippen molar-refractivity contribution in [2.45, 2.75) is 45.2 Å². The Balaban J connectivity index is 1.57. The molecule has 128 valence electrons. The van der Waals surface area contributed by atoms with Gasteiger partial charge in [0.15, 0.2) is 0 Å². The summed E-state index contributed by atoms with van der Waals surface area (Å²) in [5.74, 6) is 1.15. The maximum absolute atomic E-state index is 12.0. The van der Waals surface area contributed by atoms with Crippen molar-refractivity contribution < 1.29 is 4.79 Å². The van der Waals surface area contributed by atoms with Gasteiger partial charge < -0.3 is 10.3 Å². The van der Waals surface area contributed by atoms with Crippen molar-refractivity contribution >= 4 is 5.91 Å². The molecule has 1 aliphatic heterocycles. The summed E-state index contributed by atoms with van der Waals surface area (Å²) in [6, 6.07) is 10.5. The highest BCUT2D eigenvalue weighted by Gasteiger charge is 2.25. The Bertz CT molecular complexity index is 652. The van der Waals surface area contributed by atoms with E-state index >= 15 is 0 Å². The number of aromatic nitrogens is 2. The van der Waals surface area contributed by atoms with E-state index in [0.717, 1.165) is 43.9 Å². The number of nitrogens with zero attached hydrogens (tertiary/aromatic N) is 2. The molecule has 3 rings (SSSR count). The van der Waals surface area contributed by atoms with E-state index in [0.29, 0.717) is 6.54 Å². The monoisotopic (exact) mass is 326 g/mol. The molecule has 5 nitrogen and oxygen atoms in total. The second-order valence-electron chi connectivity index (χ2n) is 6.58. The van der Waals surface area contributed by atoms with Gasteiger partial charge in [-0.3, -0.25) is 9.69 Å². The lowest BCUT2D eigenvalue weighted by Gasteiger charge is -2.32. The maximum Gasteiger partial charge on any atom is 0.234 e. The second kappa shape index (κ2) is 8.11. The Hall–Kier alpha value is -2.14. The molecule has 1 aromatic heterocycles. The van der Waals surface area contributed by atoms with Crippen LogP contribution >= 0.6 is 0 Å². The molecule has 2 heterocycles. The predicted molar refractivity (Wildman–Crippen MR) is 94.6 cm³/mol. The van der Waals surface area contributed by atoms with Crippen LogP contribution in [0.15, 0.2) is 36.5 Å². The summed E-state index contributed by atoms with van der Waals surface area (Å²) in [6.07, 6.45) is 6.09. The summed E-state index contributed by atoms with van der Waals surface area (Å²) in [4.78, 5) is 22.1. The first kappa shape index (κ1) is 16.7. The van der Waals surface area contributed by atoms with Crippen LogP contribution in [0.1, 0.15) is 36.8 Å². The van der Waals surface area contributed by atoms with Crippen LogP contribution in [0.25, 0.3) is 0 Å². The number of H-pyrrole nitrogens is 1. The third kappa shape index (κ3) is 4.68. The number of nitrogens with one attached hydrogen (secondary N) is 2. The van der Waals surface area contributed by atoms with Gasteiger partial charge in [-0.25, -0.2) is 4.98 Å². The standard InChI is InChI=1S/C19H26N4O/c1-2-3-9-18-20-11-17(21-18)13-23-12-16(22-19(24)14-23)10-15-7-5-4-6-8-15/h4-8,11,16H,2-3,9-10,12-14H2,1H3,(H,20,21)(H,22,24)/t16-/m0/s1. The minimum absolute atomic E-state index is 0.105. The zero-order chi connectivity index (χ0) is 16.8. The molecule has 0 spiro atoms. The number of hydrogen-bond acceptors (Lipinski definition) is 3. The van der Waals surface area contributed by atoms with Gasteiger partial charge >= 0.3 is 0 Å². The first-order chi connectivity index (χ1) is 11.7. The molecule has 1 atom stereocenters. The van der Waals surface area contributed by atoms with Gasteiger partial charge in [-0.05, 0) is 18.4 Å². The molecule has 5 heteroatoms. The smallest absolute Gasteiger partial charge is 0.234 e. The quantitative estimate of drug-likeness (QED) is 0.821. The summed E-state index contributed by atoms with van der Waals surface area (Å²) >= 11 is 0. The van der Waals surface area contributed by atoms with Crippen LogP contribution in [0.2, 0.25) is 0 Å². The van der Waals surface area contributed by atoms with Gasteiger partial charge in [-0.1, -0.05) is 43.7 Å². The summed E-state index contributed by atoms with van der Waals surface area (Å²) in [7, 11) is 0. The maximum atomic E-state index is 12.0.